The molecule has 7 heteroatoms. The Balaban J connectivity index is 1.49. The summed E-state index contributed by atoms with van der Waals surface area (Å²) in [5, 5.41) is 5.83. The average molecular weight is 356 g/mol. The van der Waals surface area contributed by atoms with E-state index in [4.69, 9.17) is 5.73 Å². The monoisotopic (exact) mass is 356 g/mol. The zero-order valence-electron chi connectivity index (χ0n) is 14.7. The van der Waals surface area contributed by atoms with E-state index >= 15 is 0 Å². The van der Waals surface area contributed by atoms with Crippen molar-refractivity contribution in [2.24, 2.45) is 5.73 Å². The van der Waals surface area contributed by atoms with Crippen LogP contribution in [0.1, 0.15) is 54.4 Å². The number of anilines is 1. The van der Waals surface area contributed by atoms with Gasteiger partial charge in [-0.2, -0.15) is 0 Å². The van der Waals surface area contributed by atoms with E-state index < -0.39 is 6.04 Å². The Kier molecular flexibility index (Phi) is 4.40. The molecule has 0 bridgehead atoms. The first-order valence-electron chi connectivity index (χ1n) is 9.32. The van der Waals surface area contributed by atoms with E-state index in [0.29, 0.717) is 18.5 Å². The molecule has 1 unspecified atom stereocenters. The third-order valence-electron chi connectivity index (χ3n) is 5.70. The lowest BCUT2D eigenvalue weighted by Crippen LogP contribution is -2.52. The molecule has 3 amide bonds. The van der Waals surface area contributed by atoms with Gasteiger partial charge in [0.25, 0.3) is 5.91 Å². The van der Waals surface area contributed by atoms with Crippen LogP contribution in [0.25, 0.3) is 0 Å². The molecule has 2 aliphatic heterocycles. The maximum atomic E-state index is 12.7. The van der Waals surface area contributed by atoms with Crippen LogP contribution < -0.4 is 16.4 Å². The van der Waals surface area contributed by atoms with E-state index in [2.05, 4.69) is 10.6 Å². The summed E-state index contributed by atoms with van der Waals surface area (Å²) in [4.78, 5) is 37.7. The van der Waals surface area contributed by atoms with Gasteiger partial charge in [0.2, 0.25) is 11.8 Å². The molecule has 0 radical (unpaired) electrons. The third kappa shape index (κ3) is 3.07. The number of hydrogen-bond acceptors (Lipinski definition) is 5. The van der Waals surface area contributed by atoms with Crippen LogP contribution in [-0.2, 0) is 16.1 Å². The lowest BCUT2D eigenvalue weighted by molar-refractivity contribution is -0.136. The highest BCUT2D eigenvalue weighted by Crippen LogP contribution is 2.30. The van der Waals surface area contributed by atoms with Gasteiger partial charge in [-0.05, 0) is 43.0 Å². The van der Waals surface area contributed by atoms with Gasteiger partial charge in [0.15, 0.2) is 0 Å². The average Bonchev–Trinajstić information content (AvgIpc) is 2.93. The second-order valence-electron chi connectivity index (χ2n) is 7.47. The van der Waals surface area contributed by atoms with E-state index in [1.165, 1.54) is 12.8 Å². The lowest BCUT2D eigenvalue weighted by Gasteiger charge is -2.30. The Bertz CT molecular complexity index is 763. The lowest BCUT2D eigenvalue weighted by atomic mass is 9.91. The van der Waals surface area contributed by atoms with Crippen LogP contribution in [0.15, 0.2) is 18.2 Å². The summed E-state index contributed by atoms with van der Waals surface area (Å²) in [5.41, 5.74) is 8.72. The van der Waals surface area contributed by atoms with E-state index in [-0.39, 0.29) is 36.2 Å². The molecule has 7 nitrogen and oxygen atoms in total. The SMILES string of the molecule is N[C@H]1CCCC[C@@H]1Nc1ccc2c(c1)CN(C1CCC(=O)NC1=O)C2=O. The maximum Gasteiger partial charge on any atom is 0.255 e. The smallest absolute Gasteiger partial charge is 0.255 e. The number of rotatable bonds is 3. The molecule has 4 rings (SSSR count). The molecule has 4 N–H and O–H groups in total. The van der Waals surface area contributed by atoms with Crippen molar-refractivity contribution in [3.05, 3.63) is 29.3 Å². The summed E-state index contributed by atoms with van der Waals surface area (Å²) >= 11 is 0. The van der Waals surface area contributed by atoms with Crippen molar-refractivity contribution in [1.29, 1.82) is 0 Å². The number of nitrogens with one attached hydrogen (secondary N) is 2. The van der Waals surface area contributed by atoms with Crippen LogP contribution >= 0.6 is 0 Å². The molecule has 0 spiro atoms. The first-order valence-corrected chi connectivity index (χ1v) is 9.32. The first kappa shape index (κ1) is 17.0. The molecule has 3 atom stereocenters. The van der Waals surface area contributed by atoms with Crippen molar-refractivity contribution in [2.45, 2.75) is 63.2 Å². The summed E-state index contributed by atoms with van der Waals surface area (Å²) in [6.45, 7) is 0.396. The van der Waals surface area contributed by atoms with Crippen molar-refractivity contribution in [2.75, 3.05) is 5.32 Å². The molecule has 3 aliphatic rings. The summed E-state index contributed by atoms with van der Waals surface area (Å²) in [5.74, 6) is -0.796. The molecule has 138 valence electrons. The number of amides is 3. The van der Waals surface area contributed by atoms with Gasteiger partial charge in [-0.1, -0.05) is 12.8 Å². The largest absolute Gasteiger partial charge is 0.381 e. The fourth-order valence-electron chi connectivity index (χ4n) is 4.22. The highest BCUT2D eigenvalue weighted by molar-refractivity contribution is 6.05. The second-order valence-corrected chi connectivity index (χ2v) is 7.47. The number of hydrogen-bond donors (Lipinski definition) is 3. The third-order valence-corrected chi connectivity index (χ3v) is 5.70. The first-order chi connectivity index (χ1) is 12.5. The molecule has 1 aliphatic carbocycles. The van der Waals surface area contributed by atoms with Crippen LogP contribution in [0.2, 0.25) is 0 Å². The van der Waals surface area contributed by atoms with Gasteiger partial charge in [-0.15, -0.1) is 0 Å². The summed E-state index contributed by atoms with van der Waals surface area (Å²) in [6.07, 6.45) is 5.09. The topological polar surface area (TPSA) is 105 Å². The number of nitrogens with two attached hydrogens (primary N) is 1. The Morgan fingerprint density at radius 2 is 1.92 bits per heavy atom. The predicted octanol–water partition coefficient (Wildman–Crippen LogP) is 1.13. The molecule has 0 aromatic heterocycles. The van der Waals surface area contributed by atoms with Gasteiger partial charge >= 0.3 is 0 Å². The quantitative estimate of drug-likeness (QED) is 0.704. The van der Waals surface area contributed by atoms with Crippen LogP contribution in [0.5, 0.6) is 0 Å². The van der Waals surface area contributed by atoms with Crippen LogP contribution in [-0.4, -0.2) is 40.7 Å². The Morgan fingerprint density at radius 1 is 1.12 bits per heavy atom. The van der Waals surface area contributed by atoms with E-state index in [1.54, 1.807) is 4.90 Å². The molecule has 1 saturated carbocycles. The number of nitrogens with zero attached hydrogens (tertiary/aromatic N) is 1. The molecular weight excluding hydrogens is 332 g/mol. The Labute approximate surface area is 152 Å². The number of carbonyl (C=O) groups excluding carboxylic acids is 3. The Morgan fingerprint density at radius 3 is 2.69 bits per heavy atom. The fourth-order valence-corrected chi connectivity index (χ4v) is 4.22. The number of piperidine rings is 1. The molecule has 1 aromatic rings. The number of fused-ring (bicyclic) bond motifs is 1. The minimum absolute atomic E-state index is 0.143. The molecule has 1 aromatic carbocycles. The van der Waals surface area contributed by atoms with Gasteiger partial charge in [-0.3, -0.25) is 19.7 Å². The summed E-state index contributed by atoms with van der Waals surface area (Å²) in [6, 6.07) is 5.55. The zero-order valence-corrected chi connectivity index (χ0v) is 14.7. The molecule has 1 saturated heterocycles. The van der Waals surface area contributed by atoms with Crippen LogP contribution in [0, 0.1) is 0 Å². The minimum Gasteiger partial charge on any atom is -0.381 e. The number of carbonyl (C=O) groups is 3. The zero-order chi connectivity index (χ0) is 18.3. The van der Waals surface area contributed by atoms with Crippen LogP contribution in [0.4, 0.5) is 5.69 Å². The van der Waals surface area contributed by atoms with Crippen molar-refractivity contribution in [1.82, 2.24) is 10.2 Å². The summed E-state index contributed by atoms with van der Waals surface area (Å²) in [7, 11) is 0. The van der Waals surface area contributed by atoms with Crippen molar-refractivity contribution in [3.8, 4) is 0 Å². The van der Waals surface area contributed by atoms with E-state index in [9.17, 15) is 14.4 Å². The van der Waals surface area contributed by atoms with Crippen LogP contribution in [0.3, 0.4) is 0 Å². The molecular formula is C19H24N4O3. The highest BCUT2D eigenvalue weighted by atomic mass is 16.2. The predicted molar refractivity (Wildman–Crippen MR) is 96.3 cm³/mol. The fraction of sp³-hybridized carbons (Fsp3) is 0.526. The summed E-state index contributed by atoms with van der Waals surface area (Å²) < 4.78 is 0. The molecule has 2 fully saturated rings. The maximum absolute atomic E-state index is 12.7. The Hall–Kier alpha value is -2.41. The van der Waals surface area contributed by atoms with E-state index in [1.807, 2.05) is 18.2 Å². The highest BCUT2D eigenvalue weighted by Gasteiger charge is 2.39. The second kappa shape index (κ2) is 6.72. The number of benzene rings is 1. The molecule has 26 heavy (non-hydrogen) atoms. The van der Waals surface area contributed by atoms with Gasteiger partial charge < -0.3 is 16.0 Å². The molecule has 2 heterocycles. The standard InChI is InChI=1S/C19H24N4O3/c20-14-3-1-2-4-15(14)21-12-5-6-13-11(9-12)10-23(19(13)26)16-7-8-17(24)22-18(16)25/h5-6,9,14-16,21H,1-4,7-8,10,20H2,(H,22,24,25)/t14-,15-,16?/m0/s1. The van der Waals surface area contributed by atoms with Crippen molar-refractivity contribution in [3.63, 3.8) is 0 Å². The van der Waals surface area contributed by atoms with Crippen molar-refractivity contribution >= 4 is 23.4 Å². The number of imide groups is 1. The van der Waals surface area contributed by atoms with Gasteiger partial charge in [0.1, 0.15) is 6.04 Å². The minimum atomic E-state index is -0.573. The normalized spacial score (nSPS) is 28.7. The van der Waals surface area contributed by atoms with Gasteiger partial charge in [0.05, 0.1) is 0 Å². The van der Waals surface area contributed by atoms with Gasteiger partial charge in [-0.25, -0.2) is 0 Å². The van der Waals surface area contributed by atoms with Crippen molar-refractivity contribution < 1.29 is 14.4 Å². The van der Waals surface area contributed by atoms with Gasteiger partial charge in [0, 0.05) is 36.3 Å². The van der Waals surface area contributed by atoms with E-state index in [0.717, 1.165) is 24.1 Å².